The standard InChI is InChI=1S/C61H79ClN8O8S2/c1-40(2)80(76,77)55-15-12-11-13-45(55)31-52-51(62)37-63-56(66-52)32-44-21-22-47(33-54(44)78-7)67-25-23-46(24-26-67)68-27-29-69(30-28-68)57(73)16-10-8-9-14-48(71)34-50(61(4,5)6)60(75)70-38-49(72)35-53(70)59(74)64-36-42-17-19-43(20-18-42)58-41(3)65-39-79-58/h11-13,15,17-22,33,37,39-40,46,49-50,53,72H,8-10,14,16,23-32,34-36,38H2,1-7H3,(H,64,74)/t49-,50-,53+/m1/s1. The minimum Gasteiger partial charge on any atom is -0.496 e. The van der Waals surface area contributed by atoms with Gasteiger partial charge in [-0.2, -0.15) is 0 Å². The third-order valence-electron chi connectivity index (χ3n) is 16.2. The molecule has 3 aliphatic rings. The highest BCUT2D eigenvalue weighted by Gasteiger charge is 2.44. The smallest absolute Gasteiger partial charge is 0.243 e. The quantitative estimate of drug-likeness (QED) is 0.0625. The predicted octanol–water partition coefficient (Wildman–Crippen LogP) is 8.90. The fourth-order valence-electron chi connectivity index (χ4n) is 11.3. The molecule has 3 atom stereocenters. The number of ketones is 1. The van der Waals surface area contributed by atoms with Crippen LogP contribution in [0.4, 0.5) is 5.69 Å². The monoisotopic (exact) mass is 1150 g/mol. The molecule has 430 valence electrons. The summed E-state index contributed by atoms with van der Waals surface area (Å²) in [5.74, 6) is 0.161. The number of likely N-dealkylation sites (tertiary alicyclic amines) is 1. The van der Waals surface area contributed by atoms with Gasteiger partial charge in [0.2, 0.25) is 17.7 Å². The van der Waals surface area contributed by atoms with Gasteiger partial charge in [-0.15, -0.1) is 11.3 Å². The molecule has 19 heteroatoms. The van der Waals surface area contributed by atoms with E-state index < -0.39 is 38.6 Å². The number of ether oxygens (including phenoxy) is 1. The van der Waals surface area contributed by atoms with Crippen molar-refractivity contribution >= 4 is 62.0 Å². The lowest BCUT2D eigenvalue weighted by molar-refractivity contribution is -0.146. The molecule has 3 aliphatic heterocycles. The summed E-state index contributed by atoms with van der Waals surface area (Å²) in [5, 5.41) is 13.5. The first-order chi connectivity index (χ1) is 38.2. The second-order valence-corrected chi connectivity index (χ2v) is 26.8. The number of nitrogens with zero attached hydrogens (tertiary/aromatic N) is 7. The number of hydrogen-bond acceptors (Lipinski definition) is 14. The largest absolute Gasteiger partial charge is 0.496 e. The van der Waals surface area contributed by atoms with Crippen LogP contribution in [0.5, 0.6) is 5.75 Å². The summed E-state index contributed by atoms with van der Waals surface area (Å²) >= 11 is 8.15. The Bertz CT molecular complexity index is 3080. The van der Waals surface area contributed by atoms with Gasteiger partial charge in [-0.1, -0.05) is 87.3 Å². The Kier molecular flexibility index (Phi) is 20.3. The maximum absolute atomic E-state index is 14.2. The van der Waals surface area contributed by atoms with Crippen molar-refractivity contribution < 1.29 is 37.4 Å². The third-order valence-corrected chi connectivity index (χ3v) is 19.7. The highest BCUT2D eigenvalue weighted by Crippen LogP contribution is 2.35. The summed E-state index contributed by atoms with van der Waals surface area (Å²) < 4.78 is 32.1. The Morgan fingerprint density at radius 1 is 0.887 bits per heavy atom. The maximum Gasteiger partial charge on any atom is 0.243 e. The van der Waals surface area contributed by atoms with Crippen molar-refractivity contribution in [2.24, 2.45) is 11.3 Å². The molecule has 16 nitrogen and oxygen atoms in total. The first kappa shape index (κ1) is 60.3. The van der Waals surface area contributed by atoms with E-state index in [2.05, 4.69) is 43.3 Å². The summed E-state index contributed by atoms with van der Waals surface area (Å²) in [4.78, 5) is 77.9. The number of unbranched alkanes of at least 4 members (excludes halogenated alkanes) is 2. The number of aliphatic hydroxyl groups is 1. The van der Waals surface area contributed by atoms with Crippen molar-refractivity contribution in [3.8, 4) is 16.2 Å². The molecule has 5 aromatic rings. The average molecular weight is 1150 g/mol. The van der Waals surface area contributed by atoms with Crippen LogP contribution < -0.4 is 15.0 Å². The second kappa shape index (κ2) is 26.9. The number of anilines is 1. The van der Waals surface area contributed by atoms with Crippen LogP contribution in [0.1, 0.15) is 126 Å². The fourth-order valence-corrected chi connectivity index (χ4v) is 13.5. The van der Waals surface area contributed by atoms with Gasteiger partial charge < -0.3 is 29.9 Å². The van der Waals surface area contributed by atoms with Crippen molar-refractivity contribution in [3.05, 3.63) is 117 Å². The number of carbonyl (C=O) groups excluding carboxylic acids is 4. The number of Topliss-reactive ketones (excluding diaryl/α,β-unsaturated/α-hetero) is 1. The molecular formula is C61H79ClN8O8S2. The number of halogens is 1. The number of amides is 3. The Hall–Kier alpha value is -5.79. The number of aliphatic hydroxyl groups excluding tert-OH is 1. The number of aromatic nitrogens is 3. The Morgan fingerprint density at radius 2 is 1.60 bits per heavy atom. The van der Waals surface area contributed by atoms with E-state index in [-0.39, 0.29) is 60.8 Å². The van der Waals surface area contributed by atoms with Crippen molar-refractivity contribution in [1.82, 2.24) is 35.0 Å². The first-order valence-corrected chi connectivity index (χ1v) is 31.0. The summed E-state index contributed by atoms with van der Waals surface area (Å²) in [6.45, 7) is 16.3. The van der Waals surface area contributed by atoms with Gasteiger partial charge in [0.25, 0.3) is 0 Å². The van der Waals surface area contributed by atoms with Crippen LogP contribution in [0.25, 0.3) is 10.4 Å². The molecule has 0 saturated carbocycles. The van der Waals surface area contributed by atoms with Crippen LogP contribution >= 0.6 is 22.9 Å². The van der Waals surface area contributed by atoms with E-state index in [1.54, 1.807) is 56.7 Å². The van der Waals surface area contributed by atoms with Crippen LogP contribution in [0.15, 0.2) is 83.3 Å². The average Bonchev–Trinajstić information content (AvgIpc) is 4.07. The van der Waals surface area contributed by atoms with E-state index in [0.717, 1.165) is 84.1 Å². The Balaban J connectivity index is 0.735. The molecule has 0 spiro atoms. The number of β-amino-alcohol motifs (C(OH)–C–C–N with tert-alkyl or cyclic N) is 1. The van der Waals surface area contributed by atoms with Gasteiger partial charge in [-0.3, -0.25) is 24.1 Å². The molecule has 0 radical (unpaired) electrons. The van der Waals surface area contributed by atoms with Crippen LogP contribution in [0.3, 0.4) is 0 Å². The van der Waals surface area contributed by atoms with Crippen molar-refractivity contribution in [3.63, 3.8) is 0 Å². The maximum atomic E-state index is 14.2. The molecule has 3 fully saturated rings. The van der Waals surface area contributed by atoms with E-state index >= 15 is 0 Å². The molecule has 5 heterocycles. The van der Waals surface area contributed by atoms with E-state index in [4.69, 9.17) is 21.3 Å². The molecule has 0 bridgehead atoms. The Morgan fingerprint density at radius 3 is 2.27 bits per heavy atom. The second-order valence-electron chi connectivity index (χ2n) is 23.1. The lowest BCUT2D eigenvalue weighted by atomic mass is 9.76. The number of nitrogens with one attached hydrogen (secondary N) is 1. The molecule has 3 saturated heterocycles. The van der Waals surface area contributed by atoms with Gasteiger partial charge in [0.05, 0.1) is 50.2 Å². The topological polar surface area (TPSA) is 196 Å². The highest BCUT2D eigenvalue weighted by atomic mass is 35.5. The highest BCUT2D eigenvalue weighted by molar-refractivity contribution is 7.92. The predicted molar refractivity (Wildman–Crippen MR) is 314 cm³/mol. The normalized spacial score (nSPS) is 17.9. The number of rotatable bonds is 22. The lowest BCUT2D eigenvalue weighted by Gasteiger charge is -2.43. The number of sulfone groups is 1. The van der Waals surface area contributed by atoms with Gasteiger partial charge in [-0.05, 0) is 80.7 Å². The van der Waals surface area contributed by atoms with E-state index in [0.29, 0.717) is 73.3 Å². The first-order valence-electron chi connectivity index (χ1n) is 28.2. The number of hydrogen-bond donors (Lipinski definition) is 2. The van der Waals surface area contributed by atoms with Crippen LogP contribution in [0, 0.1) is 18.3 Å². The molecule has 0 aliphatic carbocycles. The van der Waals surface area contributed by atoms with Crippen molar-refractivity contribution in [1.29, 1.82) is 0 Å². The third kappa shape index (κ3) is 15.0. The zero-order valence-corrected chi connectivity index (χ0v) is 49.8. The molecule has 0 unspecified atom stereocenters. The van der Waals surface area contributed by atoms with E-state index in [1.807, 2.05) is 68.4 Å². The number of benzene rings is 3. The minimum atomic E-state index is -3.50. The molecule has 8 rings (SSSR count). The molecule has 3 amide bonds. The van der Waals surface area contributed by atoms with Crippen molar-refractivity contribution in [2.75, 3.05) is 57.8 Å². The lowest BCUT2D eigenvalue weighted by Crippen LogP contribution is -2.54. The SMILES string of the molecule is COc1cc(N2CCC(N3CCN(C(=O)CCCCCC(=O)C[C@H](C(=O)N4C[C@H](O)C[C@H]4C(=O)NCc4ccc(-c5scnc5C)cc4)C(C)(C)C)CC3)CC2)ccc1Cc1ncc(Cl)c(Cc2ccccc2S(=O)(=O)C(C)C)n1. The number of piperidine rings is 1. The van der Waals surface area contributed by atoms with Crippen molar-refractivity contribution in [2.45, 2.75) is 147 Å². The van der Waals surface area contributed by atoms with Gasteiger partial charge in [0.1, 0.15) is 23.4 Å². The van der Waals surface area contributed by atoms with Gasteiger partial charge in [0.15, 0.2) is 9.84 Å². The van der Waals surface area contributed by atoms with Gasteiger partial charge in [0, 0.05) is 126 Å². The van der Waals surface area contributed by atoms with E-state index in [9.17, 15) is 32.7 Å². The zero-order valence-electron chi connectivity index (χ0n) is 47.5. The summed E-state index contributed by atoms with van der Waals surface area (Å²) in [6.07, 6.45) is 6.42. The molecule has 80 heavy (non-hydrogen) atoms. The fraction of sp³-hybridized carbons (Fsp3) is 0.525. The van der Waals surface area contributed by atoms with E-state index in [1.165, 1.54) is 4.90 Å². The molecule has 2 N–H and O–H groups in total. The van der Waals surface area contributed by atoms with Gasteiger partial charge in [-0.25, -0.2) is 23.4 Å². The van der Waals surface area contributed by atoms with Gasteiger partial charge >= 0.3 is 0 Å². The number of aryl methyl sites for hydroxylation is 1. The summed E-state index contributed by atoms with van der Waals surface area (Å²) in [7, 11) is -1.84. The molecule has 2 aromatic heterocycles. The van der Waals surface area contributed by atoms with Crippen LogP contribution in [0.2, 0.25) is 5.02 Å². The number of thiazole rings is 1. The number of carbonyl (C=O) groups is 4. The van der Waals surface area contributed by atoms with Crippen LogP contribution in [-0.4, -0.2) is 143 Å². The summed E-state index contributed by atoms with van der Waals surface area (Å²) in [5.41, 5.74) is 7.42. The molecular weight excluding hydrogens is 1070 g/mol. The number of methoxy groups -OCH3 is 1. The Labute approximate surface area is 481 Å². The number of piperazine rings is 1. The molecule has 3 aromatic carbocycles. The summed E-state index contributed by atoms with van der Waals surface area (Å²) in [6, 6.07) is 20.8. The zero-order chi connectivity index (χ0) is 57.3. The van der Waals surface area contributed by atoms with Crippen LogP contribution in [-0.2, 0) is 48.4 Å². The minimum absolute atomic E-state index is 0.0160.